The molecule has 3 heterocycles. The van der Waals surface area contributed by atoms with Crippen molar-refractivity contribution >= 4 is 17.3 Å². The van der Waals surface area contributed by atoms with E-state index in [1.807, 2.05) is 0 Å². The second-order valence-corrected chi connectivity index (χ2v) is 6.16. The van der Waals surface area contributed by atoms with E-state index < -0.39 is 10.9 Å². The van der Waals surface area contributed by atoms with Gasteiger partial charge in [-0.15, -0.1) is 0 Å². The SMILES string of the molecule is CCN1CCN(Cc2c(CC(=O)O)nc3ccc([N+](=O)[O-])cn23)CC1. The van der Waals surface area contributed by atoms with Crippen LogP contribution in [-0.2, 0) is 17.8 Å². The predicted octanol–water partition coefficient (Wildman–Crippen LogP) is 1.01. The molecule has 1 fully saturated rings. The maximum absolute atomic E-state index is 11.2. The van der Waals surface area contributed by atoms with Gasteiger partial charge in [0.15, 0.2) is 0 Å². The molecule has 1 aliphatic rings. The van der Waals surface area contributed by atoms with Crippen molar-refractivity contribution < 1.29 is 14.8 Å². The Balaban J connectivity index is 1.93. The van der Waals surface area contributed by atoms with Crippen LogP contribution in [0.25, 0.3) is 5.65 Å². The first-order valence-corrected chi connectivity index (χ1v) is 8.28. The minimum Gasteiger partial charge on any atom is -0.481 e. The van der Waals surface area contributed by atoms with E-state index in [2.05, 4.69) is 21.7 Å². The Hall–Kier alpha value is -2.52. The maximum atomic E-state index is 11.2. The van der Waals surface area contributed by atoms with Crippen LogP contribution in [0.2, 0.25) is 0 Å². The molecule has 0 spiro atoms. The van der Waals surface area contributed by atoms with Crippen molar-refractivity contribution in [3.8, 4) is 0 Å². The van der Waals surface area contributed by atoms with Gasteiger partial charge in [0.2, 0.25) is 0 Å². The van der Waals surface area contributed by atoms with Gasteiger partial charge < -0.3 is 10.0 Å². The highest BCUT2D eigenvalue weighted by molar-refractivity contribution is 5.70. The van der Waals surface area contributed by atoms with Crippen LogP contribution in [0.15, 0.2) is 18.3 Å². The first-order chi connectivity index (χ1) is 12.0. The normalized spacial score (nSPS) is 16.4. The molecule has 3 rings (SSSR count). The number of piperazine rings is 1. The molecule has 0 saturated carbocycles. The Morgan fingerprint density at radius 1 is 1.28 bits per heavy atom. The molecule has 1 aliphatic heterocycles. The van der Waals surface area contributed by atoms with Crippen molar-refractivity contribution in [2.24, 2.45) is 0 Å². The number of likely N-dealkylation sites (N-methyl/N-ethyl adjacent to an activating group) is 1. The summed E-state index contributed by atoms with van der Waals surface area (Å²) >= 11 is 0. The monoisotopic (exact) mass is 347 g/mol. The molecule has 0 atom stereocenters. The Morgan fingerprint density at radius 3 is 2.56 bits per heavy atom. The number of nitrogens with zero attached hydrogens (tertiary/aromatic N) is 5. The zero-order valence-electron chi connectivity index (χ0n) is 14.1. The fourth-order valence-electron chi connectivity index (χ4n) is 3.17. The van der Waals surface area contributed by atoms with Gasteiger partial charge in [0.1, 0.15) is 5.65 Å². The molecular weight excluding hydrogens is 326 g/mol. The third-order valence-corrected chi connectivity index (χ3v) is 4.60. The number of carboxylic acids is 1. The summed E-state index contributed by atoms with van der Waals surface area (Å²) in [5.74, 6) is -0.963. The maximum Gasteiger partial charge on any atom is 0.309 e. The Bertz CT molecular complexity index is 795. The molecule has 1 saturated heterocycles. The van der Waals surface area contributed by atoms with E-state index >= 15 is 0 Å². The first kappa shape index (κ1) is 17.3. The van der Waals surface area contributed by atoms with Gasteiger partial charge in [0.05, 0.1) is 28.9 Å². The third-order valence-electron chi connectivity index (χ3n) is 4.60. The highest BCUT2D eigenvalue weighted by Gasteiger charge is 2.22. The zero-order chi connectivity index (χ0) is 18.0. The Kier molecular flexibility index (Phi) is 4.95. The second-order valence-electron chi connectivity index (χ2n) is 6.16. The van der Waals surface area contributed by atoms with Crippen molar-refractivity contribution in [2.45, 2.75) is 19.9 Å². The summed E-state index contributed by atoms with van der Waals surface area (Å²) in [6.45, 7) is 7.35. The molecule has 9 heteroatoms. The van der Waals surface area contributed by atoms with E-state index in [0.29, 0.717) is 23.6 Å². The molecule has 0 radical (unpaired) electrons. The first-order valence-electron chi connectivity index (χ1n) is 8.28. The van der Waals surface area contributed by atoms with E-state index in [1.165, 1.54) is 12.3 Å². The number of carboxylic acid groups (broad SMARTS) is 1. The van der Waals surface area contributed by atoms with Crippen molar-refractivity contribution in [3.63, 3.8) is 0 Å². The molecule has 0 aromatic carbocycles. The molecular formula is C16H21N5O4. The summed E-state index contributed by atoms with van der Waals surface area (Å²) in [7, 11) is 0. The quantitative estimate of drug-likeness (QED) is 0.614. The number of hydrogen-bond acceptors (Lipinski definition) is 6. The van der Waals surface area contributed by atoms with E-state index in [9.17, 15) is 14.9 Å². The lowest BCUT2D eigenvalue weighted by molar-refractivity contribution is -0.385. The van der Waals surface area contributed by atoms with Gasteiger partial charge in [-0.3, -0.25) is 24.2 Å². The molecule has 0 unspecified atom stereocenters. The number of hydrogen-bond donors (Lipinski definition) is 1. The summed E-state index contributed by atoms with van der Waals surface area (Å²) in [5, 5.41) is 20.2. The van der Waals surface area contributed by atoms with Gasteiger partial charge in [-0.05, 0) is 12.6 Å². The summed E-state index contributed by atoms with van der Waals surface area (Å²) in [6.07, 6.45) is 1.23. The van der Waals surface area contributed by atoms with E-state index in [0.717, 1.165) is 32.7 Å². The van der Waals surface area contributed by atoms with Crippen LogP contribution in [0.1, 0.15) is 18.3 Å². The van der Waals surface area contributed by atoms with Crippen molar-refractivity contribution in [2.75, 3.05) is 32.7 Å². The fourth-order valence-corrected chi connectivity index (χ4v) is 3.17. The zero-order valence-corrected chi connectivity index (χ0v) is 14.1. The number of fused-ring (bicyclic) bond motifs is 1. The van der Waals surface area contributed by atoms with Gasteiger partial charge in [0, 0.05) is 38.8 Å². The van der Waals surface area contributed by atoms with E-state index in [-0.39, 0.29) is 12.1 Å². The molecule has 25 heavy (non-hydrogen) atoms. The number of imidazole rings is 1. The highest BCUT2D eigenvalue weighted by atomic mass is 16.6. The van der Waals surface area contributed by atoms with Crippen molar-refractivity contribution in [1.29, 1.82) is 0 Å². The Morgan fingerprint density at radius 2 is 1.96 bits per heavy atom. The molecule has 0 aliphatic carbocycles. The van der Waals surface area contributed by atoms with Gasteiger partial charge in [-0.2, -0.15) is 0 Å². The molecule has 2 aromatic heterocycles. The molecule has 1 N–H and O–H groups in total. The number of carbonyl (C=O) groups is 1. The summed E-state index contributed by atoms with van der Waals surface area (Å²) < 4.78 is 1.66. The van der Waals surface area contributed by atoms with Gasteiger partial charge in [-0.25, -0.2) is 4.98 Å². The average Bonchev–Trinajstić information content (AvgIpc) is 2.91. The standard InChI is InChI=1S/C16H21N5O4/c1-2-18-5-7-19(8-6-18)11-14-13(9-16(22)23)17-15-4-3-12(21(24)25)10-20(14)15/h3-4,10H,2,5-9,11H2,1H3,(H,22,23). The largest absolute Gasteiger partial charge is 0.481 e. The number of aromatic nitrogens is 2. The predicted molar refractivity (Wildman–Crippen MR) is 90.6 cm³/mol. The average molecular weight is 347 g/mol. The van der Waals surface area contributed by atoms with Gasteiger partial charge in [-0.1, -0.05) is 6.92 Å². The van der Waals surface area contributed by atoms with Gasteiger partial charge >= 0.3 is 5.97 Å². The van der Waals surface area contributed by atoms with Gasteiger partial charge in [0.25, 0.3) is 5.69 Å². The van der Waals surface area contributed by atoms with Crippen LogP contribution >= 0.6 is 0 Å². The van der Waals surface area contributed by atoms with Crippen LogP contribution in [0.4, 0.5) is 5.69 Å². The van der Waals surface area contributed by atoms with Crippen molar-refractivity contribution in [1.82, 2.24) is 19.2 Å². The second kappa shape index (κ2) is 7.16. The van der Waals surface area contributed by atoms with Crippen LogP contribution in [0, 0.1) is 10.1 Å². The highest BCUT2D eigenvalue weighted by Crippen LogP contribution is 2.20. The van der Waals surface area contributed by atoms with E-state index in [4.69, 9.17) is 5.11 Å². The number of rotatable bonds is 6. The molecule has 0 bridgehead atoms. The topological polar surface area (TPSA) is 104 Å². The molecule has 134 valence electrons. The van der Waals surface area contributed by atoms with Crippen LogP contribution in [0.5, 0.6) is 0 Å². The Labute approximate surface area is 144 Å². The number of pyridine rings is 1. The fraction of sp³-hybridized carbons (Fsp3) is 0.500. The molecule has 9 nitrogen and oxygen atoms in total. The van der Waals surface area contributed by atoms with Crippen LogP contribution in [0.3, 0.4) is 0 Å². The number of aliphatic carboxylic acids is 1. The van der Waals surface area contributed by atoms with E-state index in [1.54, 1.807) is 10.5 Å². The molecule has 2 aromatic rings. The lowest BCUT2D eigenvalue weighted by Crippen LogP contribution is -2.45. The lowest BCUT2D eigenvalue weighted by atomic mass is 10.2. The van der Waals surface area contributed by atoms with Crippen molar-refractivity contribution in [3.05, 3.63) is 39.8 Å². The minimum absolute atomic E-state index is 0.0381. The summed E-state index contributed by atoms with van der Waals surface area (Å²) in [4.78, 5) is 30.7. The third kappa shape index (κ3) is 3.77. The van der Waals surface area contributed by atoms with Crippen LogP contribution < -0.4 is 0 Å². The lowest BCUT2D eigenvalue weighted by Gasteiger charge is -2.33. The minimum atomic E-state index is -0.963. The van der Waals surface area contributed by atoms with Crippen LogP contribution in [-0.4, -0.2) is 67.9 Å². The smallest absolute Gasteiger partial charge is 0.309 e. The number of nitro groups is 1. The summed E-state index contributed by atoms with van der Waals surface area (Å²) in [5.41, 5.74) is 1.67. The summed E-state index contributed by atoms with van der Waals surface area (Å²) in [6, 6.07) is 2.94. The molecule has 0 amide bonds.